The van der Waals surface area contributed by atoms with E-state index in [0.717, 1.165) is 18.4 Å². The van der Waals surface area contributed by atoms with Crippen LogP contribution in [-0.4, -0.2) is 23.4 Å². The van der Waals surface area contributed by atoms with Crippen LogP contribution in [-0.2, 0) is 16.1 Å². The molecule has 1 aliphatic heterocycles. The van der Waals surface area contributed by atoms with Crippen LogP contribution in [0.25, 0.3) is 0 Å². The maximum absolute atomic E-state index is 12.2. The number of amides is 2. The van der Waals surface area contributed by atoms with E-state index >= 15 is 0 Å². The smallest absolute Gasteiger partial charge is 0.416 e. The van der Waals surface area contributed by atoms with Gasteiger partial charge in [-0.1, -0.05) is 44.2 Å². The lowest BCUT2D eigenvalue weighted by molar-refractivity contribution is -0.132. The zero-order valence-electron chi connectivity index (χ0n) is 12.0. The van der Waals surface area contributed by atoms with Gasteiger partial charge < -0.3 is 4.74 Å². The van der Waals surface area contributed by atoms with Crippen molar-refractivity contribution in [3.63, 3.8) is 0 Å². The third-order valence-corrected chi connectivity index (χ3v) is 3.71. The fourth-order valence-corrected chi connectivity index (χ4v) is 2.53. The summed E-state index contributed by atoms with van der Waals surface area (Å²) in [6, 6.07) is 9.48. The Labute approximate surface area is 119 Å². The highest BCUT2D eigenvalue weighted by atomic mass is 16.6. The first-order valence-corrected chi connectivity index (χ1v) is 7.10. The van der Waals surface area contributed by atoms with Gasteiger partial charge in [0.25, 0.3) is 0 Å². The van der Waals surface area contributed by atoms with Gasteiger partial charge in [-0.25, -0.2) is 9.69 Å². The Bertz CT molecular complexity index is 472. The molecule has 4 heteroatoms. The molecule has 2 unspecified atom stereocenters. The van der Waals surface area contributed by atoms with Crippen LogP contribution in [0.15, 0.2) is 30.3 Å². The predicted molar refractivity (Wildman–Crippen MR) is 75.9 cm³/mol. The Morgan fingerprint density at radius 2 is 2.00 bits per heavy atom. The molecule has 108 valence electrons. The molecule has 1 aromatic rings. The molecule has 0 radical (unpaired) electrons. The van der Waals surface area contributed by atoms with Crippen molar-refractivity contribution < 1.29 is 14.3 Å². The van der Waals surface area contributed by atoms with E-state index in [1.54, 1.807) is 0 Å². The van der Waals surface area contributed by atoms with E-state index in [4.69, 9.17) is 4.74 Å². The van der Waals surface area contributed by atoms with Crippen LogP contribution in [0.2, 0.25) is 0 Å². The average molecular weight is 275 g/mol. The summed E-state index contributed by atoms with van der Waals surface area (Å²) in [5.41, 5.74) is 0.921. The minimum atomic E-state index is -0.528. The van der Waals surface area contributed by atoms with Crippen LogP contribution >= 0.6 is 0 Å². The molecule has 2 atom stereocenters. The topological polar surface area (TPSA) is 46.6 Å². The van der Waals surface area contributed by atoms with E-state index in [-0.39, 0.29) is 18.4 Å². The first kappa shape index (κ1) is 14.6. The Kier molecular flexibility index (Phi) is 4.77. The summed E-state index contributed by atoms with van der Waals surface area (Å²) in [7, 11) is 0. The van der Waals surface area contributed by atoms with Gasteiger partial charge in [0.1, 0.15) is 6.61 Å². The maximum atomic E-state index is 12.2. The Balaban J connectivity index is 1.95. The number of nitrogens with zero attached hydrogens (tertiary/aromatic N) is 1. The lowest BCUT2D eigenvalue weighted by Crippen LogP contribution is -2.39. The highest BCUT2D eigenvalue weighted by molar-refractivity contribution is 5.93. The number of imide groups is 1. The molecule has 2 rings (SSSR count). The third-order valence-electron chi connectivity index (χ3n) is 3.71. The van der Waals surface area contributed by atoms with Gasteiger partial charge in [0, 0.05) is 12.5 Å². The Morgan fingerprint density at radius 3 is 2.70 bits per heavy atom. The van der Waals surface area contributed by atoms with Crippen LogP contribution in [0.5, 0.6) is 0 Å². The number of carbonyl (C=O) groups excluding carboxylic acids is 2. The molecule has 1 aliphatic rings. The molecule has 0 spiro atoms. The van der Waals surface area contributed by atoms with E-state index in [0.29, 0.717) is 12.5 Å². The molecule has 1 fully saturated rings. The molecular formula is C16H21NO3. The number of likely N-dealkylation sites (tertiary alicyclic amines) is 1. The van der Waals surface area contributed by atoms with Gasteiger partial charge in [0.05, 0.1) is 0 Å². The van der Waals surface area contributed by atoms with Crippen molar-refractivity contribution in [3.05, 3.63) is 35.9 Å². The second kappa shape index (κ2) is 6.55. The number of carbonyl (C=O) groups is 2. The molecule has 0 bridgehead atoms. The van der Waals surface area contributed by atoms with Gasteiger partial charge in [0.2, 0.25) is 5.91 Å². The summed E-state index contributed by atoms with van der Waals surface area (Å²) in [6.07, 6.45) is 1.15. The van der Waals surface area contributed by atoms with Crippen molar-refractivity contribution in [1.29, 1.82) is 0 Å². The lowest BCUT2D eigenvalue weighted by atomic mass is 9.96. The van der Waals surface area contributed by atoms with Gasteiger partial charge in [-0.2, -0.15) is 0 Å². The second-order valence-electron chi connectivity index (χ2n) is 5.56. The number of hydrogen-bond acceptors (Lipinski definition) is 3. The van der Waals surface area contributed by atoms with Crippen LogP contribution in [0, 0.1) is 11.8 Å². The zero-order valence-corrected chi connectivity index (χ0v) is 12.0. The van der Waals surface area contributed by atoms with E-state index < -0.39 is 6.09 Å². The minimum absolute atomic E-state index is 0.114. The standard InChI is InChI=1S/C16H21NO3/c1-12-8-9-17(15(18)13(2)10-12)16(19)20-11-14-6-4-3-5-7-14/h3-7,12-13H,8-11H2,1-2H3. The Hall–Kier alpha value is -1.84. The second-order valence-corrected chi connectivity index (χ2v) is 5.56. The van der Waals surface area contributed by atoms with Crippen molar-refractivity contribution in [2.24, 2.45) is 11.8 Å². The minimum Gasteiger partial charge on any atom is -0.444 e. The van der Waals surface area contributed by atoms with Gasteiger partial charge in [-0.05, 0) is 24.3 Å². The summed E-state index contributed by atoms with van der Waals surface area (Å²) in [6.45, 7) is 4.65. The molecule has 4 nitrogen and oxygen atoms in total. The third kappa shape index (κ3) is 3.59. The number of hydrogen-bond donors (Lipinski definition) is 0. The van der Waals surface area contributed by atoms with E-state index in [1.807, 2.05) is 37.3 Å². The van der Waals surface area contributed by atoms with Crippen LogP contribution in [0.3, 0.4) is 0 Å². The normalized spacial score (nSPS) is 23.3. The molecule has 1 aromatic carbocycles. The van der Waals surface area contributed by atoms with Crippen molar-refractivity contribution in [3.8, 4) is 0 Å². The van der Waals surface area contributed by atoms with E-state index in [2.05, 4.69) is 6.92 Å². The molecule has 0 aliphatic carbocycles. The fraction of sp³-hybridized carbons (Fsp3) is 0.500. The van der Waals surface area contributed by atoms with Crippen molar-refractivity contribution in [2.75, 3.05) is 6.54 Å². The van der Waals surface area contributed by atoms with Crippen molar-refractivity contribution >= 4 is 12.0 Å². The fourth-order valence-electron chi connectivity index (χ4n) is 2.53. The summed E-state index contributed by atoms with van der Waals surface area (Å²) < 4.78 is 5.24. The first-order chi connectivity index (χ1) is 9.58. The quantitative estimate of drug-likeness (QED) is 0.832. The SMILES string of the molecule is CC1CCN(C(=O)OCc2ccccc2)C(=O)C(C)C1. The first-order valence-electron chi connectivity index (χ1n) is 7.10. The predicted octanol–water partition coefficient (Wildman–Crippen LogP) is 3.22. The molecular weight excluding hydrogens is 254 g/mol. The Morgan fingerprint density at radius 1 is 1.30 bits per heavy atom. The monoisotopic (exact) mass is 275 g/mol. The molecule has 0 N–H and O–H groups in total. The number of ether oxygens (including phenoxy) is 1. The van der Waals surface area contributed by atoms with Gasteiger partial charge in [-0.15, -0.1) is 0 Å². The molecule has 20 heavy (non-hydrogen) atoms. The molecule has 1 heterocycles. The van der Waals surface area contributed by atoms with E-state index in [9.17, 15) is 9.59 Å². The van der Waals surface area contributed by atoms with Crippen molar-refractivity contribution in [2.45, 2.75) is 33.3 Å². The number of rotatable bonds is 2. The highest BCUT2D eigenvalue weighted by Gasteiger charge is 2.31. The lowest BCUT2D eigenvalue weighted by Gasteiger charge is -2.20. The molecule has 0 saturated carbocycles. The summed E-state index contributed by atoms with van der Waals surface area (Å²) in [5, 5.41) is 0. The summed E-state index contributed by atoms with van der Waals surface area (Å²) >= 11 is 0. The highest BCUT2D eigenvalue weighted by Crippen LogP contribution is 2.23. The zero-order chi connectivity index (χ0) is 14.5. The van der Waals surface area contributed by atoms with Gasteiger partial charge in [-0.3, -0.25) is 4.79 Å². The average Bonchev–Trinajstić information content (AvgIpc) is 2.57. The van der Waals surface area contributed by atoms with E-state index in [1.165, 1.54) is 4.90 Å². The molecule has 1 saturated heterocycles. The molecule has 0 aromatic heterocycles. The van der Waals surface area contributed by atoms with Crippen molar-refractivity contribution in [1.82, 2.24) is 4.90 Å². The largest absolute Gasteiger partial charge is 0.444 e. The molecule has 2 amide bonds. The van der Waals surface area contributed by atoms with Crippen LogP contribution in [0.1, 0.15) is 32.3 Å². The summed E-state index contributed by atoms with van der Waals surface area (Å²) in [4.78, 5) is 25.5. The van der Waals surface area contributed by atoms with Gasteiger partial charge in [0.15, 0.2) is 0 Å². The van der Waals surface area contributed by atoms with Crippen LogP contribution < -0.4 is 0 Å². The van der Waals surface area contributed by atoms with Gasteiger partial charge >= 0.3 is 6.09 Å². The number of benzene rings is 1. The van der Waals surface area contributed by atoms with Crippen LogP contribution in [0.4, 0.5) is 4.79 Å². The maximum Gasteiger partial charge on any atom is 0.416 e. The summed E-state index contributed by atoms with van der Waals surface area (Å²) in [5.74, 6) is 0.227.